The van der Waals surface area contributed by atoms with Gasteiger partial charge in [0.25, 0.3) is 0 Å². The van der Waals surface area contributed by atoms with E-state index in [9.17, 15) is 9.65 Å². The van der Waals surface area contributed by atoms with Crippen LogP contribution in [0.1, 0.15) is 57.0 Å². The molecule has 0 radical (unpaired) electrons. The lowest BCUT2D eigenvalue weighted by molar-refractivity contribution is 0.334. The fourth-order valence-corrected chi connectivity index (χ4v) is 5.14. The Morgan fingerprint density at radius 3 is 2.46 bits per heavy atom. The van der Waals surface area contributed by atoms with Crippen molar-refractivity contribution in [1.82, 2.24) is 25.0 Å². The molecule has 0 spiro atoms. The van der Waals surface area contributed by atoms with Crippen molar-refractivity contribution in [1.29, 1.82) is 5.26 Å². The van der Waals surface area contributed by atoms with Crippen molar-refractivity contribution in [3.63, 3.8) is 0 Å². The van der Waals surface area contributed by atoms with Gasteiger partial charge in [0.15, 0.2) is 0 Å². The molecule has 0 aliphatic rings. The number of benzene rings is 2. The van der Waals surface area contributed by atoms with Gasteiger partial charge in [-0.25, -0.2) is 9.07 Å². The molecule has 0 bridgehead atoms. The highest BCUT2D eigenvalue weighted by Gasteiger charge is 2.26. The molecular weight excluding hydrogens is 539 g/mol. The molecule has 8 nitrogen and oxygen atoms in total. The molecule has 0 aliphatic carbocycles. The predicted octanol–water partition coefficient (Wildman–Crippen LogP) is 7.31. The SMILES string of the molecule is CC[C@@H](Nc1c(C#N)cnc2c(Cl)cc(N[C@@H](c3ccc(F)cc3)c3cn(-c4ccncc4)nn3)cc12)C(C)(C)C. The van der Waals surface area contributed by atoms with Crippen LogP contribution < -0.4 is 10.6 Å². The molecule has 0 aliphatic heterocycles. The van der Waals surface area contributed by atoms with Crippen LogP contribution in [0.3, 0.4) is 0 Å². The number of hydrogen-bond acceptors (Lipinski definition) is 7. The second-order valence-corrected chi connectivity index (χ2v) is 11.3. The Hall–Kier alpha value is -4.55. The number of rotatable bonds is 8. The zero-order chi connectivity index (χ0) is 29.1. The summed E-state index contributed by atoms with van der Waals surface area (Å²) in [5, 5.41) is 26.9. The van der Waals surface area contributed by atoms with Crippen LogP contribution in [0.2, 0.25) is 5.02 Å². The van der Waals surface area contributed by atoms with Crippen molar-refractivity contribution in [2.75, 3.05) is 10.6 Å². The number of fused-ring (bicyclic) bond motifs is 1. The number of nitriles is 1. The number of nitrogens with one attached hydrogen (secondary N) is 2. The summed E-state index contributed by atoms with van der Waals surface area (Å²) in [6.07, 6.45) is 7.60. The Kier molecular flexibility index (Phi) is 7.86. The quantitative estimate of drug-likeness (QED) is 0.202. The molecule has 0 saturated heterocycles. The summed E-state index contributed by atoms with van der Waals surface area (Å²) >= 11 is 6.77. The Bertz CT molecular complexity index is 1710. The van der Waals surface area contributed by atoms with Gasteiger partial charge in [-0.05, 0) is 53.8 Å². The Morgan fingerprint density at radius 2 is 1.80 bits per heavy atom. The lowest BCUT2D eigenvalue weighted by atomic mass is 9.85. The third-order valence-electron chi connectivity index (χ3n) is 7.07. The van der Waals surface area contributed by atoms with Gasteiger partial charge >= 0.3 is 0 Å². The predicted molar refractivity (Wildman–Crippen MR) is 160 cm³/mol. The van der Waals surface area contributed by atoms with Crippen molar-refractivity contribution < 1.29 is 4.39 Å². The minimum atomic E-state index is -0.485. The normalized spacial score (nSPS) is 13.0. The topological polar surface area (TPSA) is 104 Å². The molecule has 3 aromatic heterocycles. The fourth-order valence-electron chi connectivity index (χ4n) is 4.87. The van der Waals surface area contributed by atoms with E-state index < -0.39 is 6.04 Å². The Labute approximate surface area is 243 Å². The molecule has 5 rings (SSSR count). The first kappa shape index (κ1) is 28.0. The van der Waals surface area contributed by atoms with E-state index in [0.717, 1.165) is 23.1 Å². The molecule has 0 unspecified atom stereocenters. The van der Waals surface area contributed by atoms with Crippen LogP contribution in [-0.2, 0) is 0 Å². The largest absolute Gasteiger partial charge is 0.380 e. The van der Waals surface area contributed by atoms with Gasteiger partial charge in [0.2, 0.25) is 0 Å². The van der Waals surface area contributed by atoms with Crippen molar-refractivity contribution in [3.8, 4) is 11.8 Å². The maximum Gasteiger partial charge on any atom is 0.123 e. The van der Waals surface area contributed by atoms with Gasteiger partial charge in [-0.1, -0.05) is 56.6 Å². The summed E-state index contributed by atoms with van der Waals surface area (Å²) in [7, 11) is 0. The Morgan fingerprint density at radius 1 is 1.07 bits per heavy atom. The molecule has 3 heterocycles. The van der Waals surface area contributed by atoms with E-state index in [4.69, 9.17) is 11.6 Å². The van der Waals surface area contributed by atoms with E-state index in [0.29, 0.717) is 33.2 Å². The number of halogens is 2. The second kappa shape index (κ2) is 11.5. The zero-order valence-corrected chi connectivity index (χ0v) is 24.0. The number of nitrogens with zero attached hydrogens (tertiary/aromatic N) is 6. The lowest BCUT2D eigenvalue weighted by Crippen LogP contribution is -2.33. The van der Waals surface area contributed by atoms with Crippen LogP contribution >= 0.6 is 11.6 Å². The van der Waals surface area contributed by atoms with Gasteiger partial charge < -0.3 is 10.6 Å². The van der Waals surface area contributed by atoms with Crippen molar-refractivity contribution in [2.24, 2.45) is 5.41 Å². The maximum atomic E-state index is 13.8. The molecule has 41 heavy (non-hydrogen) atoms. The van der Waals surface area contributed by atoms with Gasteiger partial charge in [-0.2, -0.15) is 5.26 Å². The van der Waals surface area contributed by atoms with Crippen LogP contribution in [0.5, 0.6) is 0 Å². The first-order chi connectivity index (χ1) is 19.7. The van der Waals surface area contributed by atoms with Crippen molar-refractivity contribution >= 4 is 33.9 Å². The molecule has 0 amide bonds. The van der Waals surface area contributed by atoms with Crippen LogP contribution in [0, 0.1) is 22.6 Å². The molecule has 2 atom stereocenters. The number of anilines is 2. The first-order valence-corrected chi connectivity index (χ1v) is 13.7. The van der Waals surface area contributed by atoms with Gasteiger partial charge in [0, 0.05) is 35.7 Å². The van der Waals surface area contributed by atoms with Crippen LogP contribution in [0.25, 0.3) is 16.6 Å². The third-order valence-corrected chi connectivity index (χ3v) is 7.35. The van der Waals surface area contributed by atoms with Crippen molar-refractivity contribution in [3.05, 3.63) is 101 Å². The third kappa shape index (κ3) is 5.98. The van der Waals surface area contributed by atoms with E-state index in [1.165, 1.54) is 12.1 Å². The van der Waals surface area contributed by atoms with Gasteiger partial charge in [0.05, 0.1) is 39.7 Å². The number of aromatic nitrogens is 5. The smallest absolute Gasteiger partial charge is 0.123 e. The van der Waals surface area contributed by atoms with Gasteiger partial charge in [0.1, 0.15) is 17.6 Å². The average molecular weight is 569 g/mol. The van der Waals surface area contributed by atoms with E-state index in [1.807, 2.05) is 24.4 Å². The number of hydrogen-bond donors (Lipinski definition) is 2. The molecule has 0 fully saturated rings. The van der Waals surface area contributed by atoms with Crippen molar-refractivity contribution in [2.45, 2.75) is 46.2 Å². The summed E-state index contributed by atoms with van der Waals surface area (Å²) in [6, 6.07) is 15.5. The highest BCUT2D eigenvalue weighted by molar-refractivity contribution is 6.35. The van der Waals surface area contributed by atoms with Crippen LogP contribution in [0.4, 0.5) is 15.8 Å². The van der Waals surface area contributed by atoms with Crippen LogP contribution in [0.15, 0.2) is 73.3 Å². The summed E-state index contributed by atoms with van der Waals surface area (Å²) in [4.78, 5) is 8.56. The standard InChI is InChI=1S/C31H30ClFN8/c1-5-27(31(2,3)4)38-28-20(16-34)17-36-30-24(28)14-22(15-25(30)32)37-29(19-6-8-21(33)9-7-19)26-18-41(40-39-26)23-10-12-35-13-11-23/h6-15,17-18,27,29,37H,5H2,1-4H3,(H,36,38)/t27-,29+/m1/s1. The Balaban J connectivity index is 1.60. The second-order valence-electron chi connectivity index (χ2n) is 10.9. The fraction of sp³-hybridized carbons (Fsp3) is 0.258. The maximum absolute atomic E-state index is 13.8. The molecule has 208 valence electrons. The van der Waals surface area contributed by atoms with E-state index in [1.54, 1.807) is 41.5 Å². The van der Waals surface area contributed by atoms with E-state index >= 15 is 0 Å². The number of pyridine rings is 2. The highest BCUT2D eigenvalue weighted by Crippen LogP contribution is 2.37. The molecule has 2 aromatic carbocycles. The summed E-state index contributed by atoms with van der Waals surface area (Å²) in [6.45, 7) is 8.60. The molecule has 5 aromatic rings. The zero-order valence-electron chi connectivity index (χ0n) is 23.2. The minimum Gasteiger partial charge on any atom is -0.380 e. The van der Waals surface area contributed by atoms with Crippen LogP contribution in [-0.4, -0.2) is 31.0 Å². The van der Waals surface area contributed by atoms with E-state index in [-0.39, 0.29) is 17.3 Å². The first-order valence-electron chi connectivity index (χ1n) is 13.3. The molecule has 10 heteroatoms. The molecule has 0 saturated carbocycles. The van der Waals surface area contributed by atoms with Gasteiger partial charge in [-0.3, -0.25) is 9.97 Å². The average Bonchev–Trinajstić information content (AvgIpc) is 3.45. The molecular formula is C31H30ClFN8. The minimum absolute atomic E-state index is 0.0506. The summed E-state index contributed by atoms with van der Waals surface area (Å²) in [5.41, 5.74) is 4.54. The highest BCUT2D eigenvalue weighted by atomic mass is 35.5. The summed E-state index contributed by atoms with van der Waals surface area (Å²) in [5.74, 6) is -0.336. The van der Waals surface area contributed by atoms with Gasteiger partial charge in [-0.15, -0.1) is 5.10 Å². The monoisotopic (exact) mass is 568 g/mol. The summed E-state index contributed by atoms with van der Waals surface area (Å²) < 4.78 is 15.5. The molecule has 2 N–H and O–H groups in total. The lowest BCUT2D eigenvalue weighted by Gasteiger charge is -2.32. The van der Waals surface area contributed by atoms with E-state index in [2.05, 4.69) is 64.7 Å².